The van der Waals surface area contributed by atoms with Crippen LogP contribution in [0.5, 0.6) is 0 Å². The van der Waals surface area contributed by atoms with E-state index in [4.69, 9.17) is 0 Å². The summed E-state index contributed by atoms with van der Waals surface area (Å²) in [5.41, 5.74) is 0. The molecule has 0 aliphatic rings. The number of benzene rings is 2. The summed E-state index contributed by atoms with van der Waals surface area (Å²) in [4.78, 5) is 2.66. The molecular weight excluding hydrogens is 256 g/mol. The van der Waals surface area contributed by atoms with Gasteiger partial charge < -0.3 is 0 Å². The SMILES string of the molecule is C(=C\CSc1ccccc1)/CSc1ccccc1. The molecule has 18 heavy (non-hydrogen) atoms. The Balaban J connectivity index is 1.64. The van der Waals surface area contributed by atoms with Crippen LogP contribution in [-0.2, 0) is 0 Å². The van der Waals surface area contributed by atoms with Crippen LogP contribution in [0.2, 0.25) is 0 Å². The number of hydrogen-bond acceptors (Lipinski definition) is 2. The fourth-order valence-electron chi connectivity index (χ4n) is 1.46. The standard InChI is InChI=1S/C16H16S2/c1-3-9-15(10-4-1)17-13-7-8-14-18-16-11-5-2-6-12-16/h1-12H,13-14H2/b8-7+. The zero-order chi connectivity index (χ0) is 12.5. The molecule has 0 bridgehead atoms. The molecule has 0 spiro atoms. The van der Waals surface area contributed by atoms with Gasteiger partial charge in [-0.3, -0.25) is 0 Å². The molecule has 0 heterocycles. The summed E-state index contributed by atoms with van der Waals surface area (Å²) < 4.78 is 0. The monoisotopic (exact) mass is 272 g/mol. The first-order chi connectivity index (χ1) is 8.95. The summed E-state index contributed by atoms with van der Waals surface area (Å²) in [6.45, 7) is 0. The number of thioether (sulfide) groups is 2. The normalized spacial score (nSPS) is 10.9. The molecule has 2 aromatic rings. The van der Waals surface area contributed by atoms with Crippen LogP contribution in [0.15, 0.2) is 82.6 Å². The van der Waals surface area contributed by atoms with Gasteiger partial charge >= 0.3 is 0 Å². The van der Waals surface area contributed by atoms with Crippen LogP contribution in [-0.4, -0.2) is 11.5 Å². The van der Waals surface area contributed by atoms with Crippen molar-refractivity contribution < 1.29 is 0 Å². The highest BCUT2D eigenvalue weighted by Crippen LogP contribution is 2.18. The third kappa shape index (κ3) is 5.03. The van der Waals surface area contributed by atoms with Crippen molar-refractivity contribution in [2.24, 2.45) is 0 Å². The Morgan fingerprint density at radius 3 is 1.39 bits per heavy atom. The smallest absolute Gasteiger partial charge is 0.0161 e. The van der Waals surface area contributed by atoms with Crippen LogP contribution in [0.3, 0.4) is 0 Å². The van der Waals surface area contributed by atoms with E-state index >= 15 is 0 Å². The van der Waals surface area contributed by atoms with Crippen molar-refractivity contribution in [3.8, 4) is 0 Å². The van der Waals surface area contributed by atoms with Crippen LogP contribution < -0.4 is 0 Å². The Morgan fingerprint density at radius 2 is 1.00 bits per heavy atom. The molecule has 0 fully saturated rings. The first-order valence-electron chi connectivity index (χ1n) is 5.96. The van der Waals surface area contributed by atoms with Crippen LogP contribution in [0.1, 0.15) is 0 Å². The summed E-state index contributed by atoms with van der Waals surface area (Å²) >= 11 is 3.74. The predicted molar refractivity (Wildman–Crippen MR) is 83.5 cm³/mol. The van der Waals surface area contributed by atoms with Gasteiger partial charge in [0.15, 0.2) is 0 Å². The molecule has 0 aromatic heterocycles. The lowest BCUT2D eigenvalue weighted by Gasteiger charge is -1.97. The van der Waals surface area contributed by atoms with Gasteiger partial charge in [-0.15, -0.1) is 23.5 Å². The minimum atomic E-state index is 1.04. The van der Waals surface area contributed by atoms with E-state index in [1.54, 1.807) is 0 Å². The van der Waals surface area contributed by atoms with Gasteiger partial charge in [0.05, 0.1) is 0 Å². The van der Waals surface area contributed by atoms with E-state index in [-0.39, 0.29) is 0 Å². The zero-order valence-electron chi connectivity index (χ0n) is 10.2. The Labute approximate surface area is 118 Å². The largest absolute Gasteiger partial charge is 0.122 e. The molecule has 92 valence electrons. The second kappa shape index (κ2) is 8.06. The van der Waals surface area contributed by atoms with E-state index in [0.29, 0.717) is 0 Å². The zero-order valence-corrected chi connectivity index (χ0v) is 11.8. The maximum atomic E-state index is 2.24. The quantitative estimate of drug-likeness (QED) is 0.528. The van der Waals surface area contributed by atoms with Gasteiger partial charge in [0.25, 0.3) is 0 Å². The first kappa shape index (κ1) is 13.3. The Morgan fingerprint density at radius 1 is 0.611 bits per heavy atom. The van der Waals surface area contributed by atoms with Crippen molar-refractivity contribution in [3.05, 3.63) is 72.8 Å². The van der Waals surface area contributed by atoms with Gasteiger partial charge in [-0.05, 0) is 24.3 Å². The van der Waals surface area contributed by atoms with Gasteiger partial charge in [-0.1, -0.05) is 48.6 Å². The highest BCUT2D eigenvalue weighted by atomic mass is 32.2. The Kier molecular flexibility index (Phi) is 5.97. The van der Waals surface area contributed by atoms with E-state index in [2.05, 4.69) is 72.8 Å². The Hall–Kier alpha value is -1.12. The maximum Gasteiger partial charge on any atom is 0.0161 e. The van der Waals surface area contributed by atoms with E-state index in [1.165, 1.54) is 9.79 Å². The molecule has 0 atom stereocenters. The lowest BCUT2D eigenvalue weighted by atomic mass is 10.4. The Bertz CT molecular complexity index is 417. The lowest BCUT2D eigenvalue weighted by molar-refractivity contribution is 1.45. The van der Waals surface area contributed by atoms with Crippen molar-refractivity contribution in [2.75, 3.05) is 11.5 Å². The van der Waals surface area contributed by atoms with Crippen molar-refractivity contribution in [1.29, 1.82) is 0 Å². The molecule has 0 amide bonds. The average Bonchev–Trinajstić information content (AvgIpc) is 2.45. The maximum absolute atomic E-state index is 2.24. The molecular formula is C16H16S2. The average molecular weight is 272 g/mol. The molecule has 0 radical (unpaired) electrons. The second-order valence-electron chi connectivity index (χ2n) is 3.72. The molecule has 0 aliphatic carbocycles. The van der Waals surface area contributed by atoms with E-state index in [1.807, 2.05) is 23.5 Å². The van der Waals surface area contributed by atoms with Crippen LogP contribution in [0.25, 0.3) is 0 Å². The summed E-state index contributed by atoms with van der Waals surface area (Å²) in [5.74, 6) is 2.08. The van der Waals surface area contributed by atoms with Gasteiger partial charge in [-0.2, -0.15) is 0 Å². The number of rotatable bonds is 6. The molecule has 0 aliphatic heterocycles. The highest BCUT2D eigenvalue weighted by molar-refractivity contribution is 7.99. The summed E-state index contributed by atoms with van der Waals surface area (Å²) in [5, 5.41) is 0. The molecule has 2 heteroatoms. The van der Waals surface area contributed by atoms with Gasteiger partial charge in [-0.25, -0.2) is 0 Å². The van der Waals surface area contributed by atoms with Crippen LogP contribution >= 0.6 is 23.5 Å². The second-order valence-corrected chi connectivity index (χ2v) is 5.91. The van der Waals surface area contributed by atoms with Crippen molar-refractivity contribution in [3.63, 3.8) is 0 Å². The summed E-state index contributed by atoms with van der Waals surface area (Å²) in [6, 6.07) is 21.0. The van der Waals surface area contributed by atoms with E-state index in [0.717, 1.165) is 11.5 Å². The van der Waals surface area contributed by atoms with E-state index in [9.17, 15) is 0 Å². The van der Waals surface area contributed by atoms with Gasteiger partial charge in [0.2, 0.25) is 0 Å². The fourth-order valence-corrected chi connectivity index (χ4v) is 3.01. The topological polar surface area (TPSA) is 0 Å². The summed E-state index contributed by atoms with van der Waals surface area (Å²) in [7, 11) is 0. The fraction of sp³-hybridized carbons (Fsp3) is 0.125. The molecule has 0 N–H and O–H groups in total. The van der Waals surface area contributed by atoms with Crippen LogP contribution in [0, 0.1) is 0 Å². The minimum absolute atomic E-state index is 1.04. The van der Waals surface area contributed by atoms with E-state index < -0.39 is 0 Å². The van der Waals surface area contributed by atoms with Crippen molar-refractivity contribution in [1.82, 2.24) is 0 Å². The molecule has 0 saturated carbocycles. The molecule has 0 nitrogen and oxygen atoms in total. The highest BCUT2D eigenvalue weighted by Gasteiger charge is 1.90. The third-order valence-corrected chi connectivity index (χ3v) is 4.27. The van der Waals surface area contributed by atoms with Crippen LogP contribution in [0.4, 0.5) is 0 Å². The van der Waals surface area contributed by atoms with Gasteiger partial charge in [0, 0.05) is 21.3 Å². The lowest BCUT2D eigenvalue weighted by Crippen LogP contribution is -1.76. The van der Waals surface area contributed by atoms with Crippen molar-refractivity contribution in [2.45, 2.75) is 9.79 Å². The number of hydrogen-bond donors (Lipinski definition) is 0. The first-order valence-corrected chi connectivity index (χ1v) is 7.93. The predicted octanol–water partition coefficient (Wildman–Crippen LogP) is 5.13. The van der Waals surface area contributed by atoms with Gasteiger partial charge in [0.1, 0.15) is 0 Å². The molecule has 2 aromatic carbocycles. The minimum Gasteiger partial charge on any atom is -0.122 e. The molecule has 0 saturated heterocycles. The van der Waals surface area contributed by atoms with Crippen molar-refractivity contribution >= 4 is 23.5 Å². The summed E-state index contributed by atoms with van der Waals surface area (Å²) in [6.07, 6.45) is 4.49. The third-order valence-electron chi connectivity index (χ3n) is 2.35. The molecule has 0 unspecified atom stereocenters. The molecule has 2 rings (SSSR count).